The van der Waals surface area contributed by atoms with E-state index in [1.807, 2.05) is 6.07 Å². The Labute approximate surface area is 167 Å². The van der Waals surface area contributed by atoms with Crippen molar-refractivity contribution in [2.24, 2.45) is 0 Å². The van der Waals surface area contributed by atoms with Crippen molar-refractivity contribution in [1.82, 2.24) is 20.4 Å². The van der Waals surface area contributed by atoms with Crippen LogP contribution in [0, 0.1) is 0 Å². The summed E-state index contributed by atoms with van der Waals surface area (Å²) in [6.07, 6.45) is 5.91. The molecule has 1 atom stereocenters. The molecule has 0 bridgehead atoms. The third-order valence-corrected chi connectivity index (χ3v) is 6.16. The third kappa shape index (κ3) is 4.70. The second-order valence-corrected chi connectivity index (χ2v) is 8.16. The number of ether oxygens (including phenoxy) is 2. The van der Waals surface area contributed by atoms with Crippen molar-refractivity contribution in [3.8, 4) is 11.5 Å². The highest BCUT2D eigenvalue weighted by atomic mass is 16.7. The number of nitrogens with one attached hydrogen (secondary N) is 2. The Bertz CT molecular complexity index is 670. The van der Waals surface area contributed by atoms with E-state index in [0.29, 0.717) is 12.6 Å². The summed E-state index contributed by atoms with van der Waals surface area (Å²) in [5.41, 5.74) is 1.16. The number of piperazine rings is 1. The van der Waals surface area contributed by atoms with Crippen LogP contribution in [0.1, 0.15) is 43.7 Å². The highest BCUT2D eigenvalue weighted by Gasteiger charge is 2.26. The zero-order chi connectivity index (χ0) is 19.3. The fourth-order valence-electron chi connectivity index (χ4n) is 4.38. The molecule has 154 valence electrons. The maximum absolute atomic E-state index is 12.5. The molecule has 4 rings (SSSR count). The molecular weight excluding hydrogens is 356 g/mol. The van der Waals surface area contributed by atoms with Gasteiger partial charge in [0.25, 0.3) is 0 Å². The summed E-state index contributed by atoms with van der Waals surface area (Å²) in [7, 11) is 2.16. The van der Waals surface area contributed by atoms with Crippen LogP contribution < -0.4 is 20.1 Å². The number of nitrogens with zero attached hydrogens (tertiary/aromatic N) is 2. The Morgan fingerprint density at radius 3 is 2.64 bits per heavy atom. The van der Waals surface area contributed by atoms with Crippen molar-refractivity contribution in [1.29, 1.82) is 0 Å². The van der Waals surface area contributed by atoms with E-state index in [-0.39, 0.29) is 18.9 Å². The van der Waals surface area contributed by atoms with Crippen molar-refractivity contribution in [3.63, 3.8) is 0 Å². The van der Waals surface area contributed by atoms with Crippen LogP contribution in [-0.2, 0) is 0 Å². The molecule has 1 saturated heterocycles. The van der Waals surface area contributed by atoms with Gasteiger partial charge in [-0.15, -0.1) is 0 Å². The van der Waals surface area contributed by atoms with Crippen LogP contribution in [0.3, 0.4) is 0 Å². The van der Waals surface area contributed by atoms with Gasteiger partial charge in [0.2, 0.25) is 6.79 Å². The lowest BCUT2D eigenvalue weighted by Crippen LogP contribution is -2.50. The minimum Gasteiger partial charge on any atom is -0.454 e. The molecule has 2 amide bonds. The number of amides is 2. The van der Waals surface area contributed by atoms with Gasteiger partial charge in [0, 0.05) is 38.8 Å². The molecule has 2 fully saturated rings. The molecule has 1 saturated carbocycles. The SMILES string of the molecule is CN1CCN([C@@H](CNC(=O)NC2CCCCC2)c2ccc3c(c2)OCO3)CC1. The quantitative estimate of drug-likeness (QED) is 0.811. The summed E-state index contributed by atoms with van der Waals surface area (Å²) in [5, 5.41) is 6.28. The predicted molar refractivity (Wildman–Crippen MR) is 108 cm³/mol. The van der Waals surface area contributed by atoms with E-state index in [4.69, 9.17) is 9.47 Å². The first kappa shape index (κ1) is 19.3. The van der Waals surface area contributed by atoms with Crippen LogP contribution in [-0.4, -0.2) is 68.4 Å². The minimum atomic E-state index is -0.0493. The largest absolute Gasteiger partial charge is 0.454 e. The average Bonchev–Trinajstić information content (AvgIpc) is 3.18. The Hall–Kier alpha value is -1.99. The number of hydrogen-bond donors (Lipinski definition) is 2. The number of fused-ring (bicyclic) bond motifs is 1. The number of benzene rings is 1. The van der Waals surface area contributed by atoms with Crippen LogP contribution in [0.5, 0.6) is 11.5 Å². The zero-order valence-corrected chi connectivity index (χ0v) is 16.8. The van der Waals surface area contributed by atoms with Gasteiger partial charge < -0.3 is 25.0 Å². The molecule has 0 unspecified atom stereocenters. The number of carbonyl (C=O) groups is 1. The minimum absolute atomic E-state index is 0.0493. The average molecular weight is 389 g/mol. The van der Waals surface area contributed by atoms with Crippen LogP contribution in [0.15, 0.2) is 18.2 Å². The molecule has 1 aliphatic carbocycles. The number of hydrogen-bond acceptors (Lipinski definition) is 5. The highest BCUT2D eigenvalue weighted by molar-refractivity contribution is 5.74. The topological polar surface area (TPSA) is 66.1 Å². The van der Waals surface area contributed by atoms with E-state index in [9.17, 15) is 4.79 Å². The van der Waals surface area contributed by atoms with Crippen LogP contribution >= 0.6 is 0 Å². The third-order valence-electron chi connectivity index (χ3n) is 6.16. The molecule has 0 spiro atoms. The van der Waals surface area contributed by atoms with Crippen molar-refractivity contribution in [2.45, 2.75) is 44.2 Å². The van der Waals surface area contributed by atoms with Gasteiger partial charge in [0.05, 0.1) is 6.04 Å². The normalized spacial score (nSPS) is 22.0. The van der Waals surface area contributed by atoms with Crippen molar-refractivity contribution >= 4 is 6.03 Å². The second-order valence-electron chi connectivity index (χ2n) is 8.16. The standard InChI is InChI=1S/C21H32N4O3/c1-24-9-11-25(12-10-24)18(16-7-8-19-20(13-16)28-15-27-19)14-22-21(26)23-17-5-3-2-4-6-17/h7-8,13,17-18H,2-6,9-12,14-15H2,1H3,(H2,22,23,26)/t18-/m0/s1. The van der Waals surface area contributed by atoms with Gasteiger partial charge in [-0.05, 0) is 37.6 Å². The first-order valence-electron chi connectivity index (χ1n) is 10.6. The number of urea groups is 1. The lowest BCUT2D eigenvalue weighted by atomic mass is 9.96. The first-order valence-corrected chi connectivity index (χ1v) is 10.6. The summed E-state index contributed by atoms with van der Waals surface area (Å²) in [5.74, 6) is 1.59. The maximum atomic E-state index is 12.5. The van der Waals surface area contributed by atoms with Crippen LogP contribution in [0.2, 0.25) is 0 Å². The predicted octanol–water partition coefficient (Wildman–Crippen LogP) is 2.34. The lowest BCUT2D eigenvalue weighted by molar-refractivity contribution is 0.110. The second kappa shape index (κ2) is 9.01. The van der Waals surface area contributed by atoms with Crippen LogP contribution in [0.4, 0.5) is 4.79 Å². The van der Waals surface area contributed by atoms with Gasteiger partial charge in [0.1, 0.15) is 0 Å². The molecule has 28 heavy (non-hydrogen) atoms. The van der Waals surface area contributed by atoms with E-state index in [1.165, 1.54) is 19.3 Å². The molecule has 7 nitrogen and oxygen atoms in total. The van der Waals surface area contributed by atoms with Gasteiger partial charge in [0.15, 0.2) is 11.5 Å². The van der Waals surface area contributed by atoms with Crippen molar-refractivity contribution < 1.29 is 14.3 Å². The molecule has 3 aliphatic rings. The fraction of sp³-hybridized carbons (Fsp3) is 0.667. The maximum Gasteiger partial charge on any atom is 0.315 e. The van der Waals surface area contributed by atoms with Crippen molar-refractivity contribution in [3.05, 3.63) is 23.8 Å². The van der Waals surface area contributed by atoms with Crippen LogP contribution in [0.25, 0.3) is 0 Å². The summed E-state index contributed by atoms with van der Waals surface area (Å²) in [6, 6.07) is 6.53. The number of carbonyl (C=O) groups excluding carboxylic acids is 1. The highest BCUT2D eigenvalue weighted by Crippen LogP contribution is 2.35. The molecule has 7 heteroatoms. The summed E-state index contributed by atoms with van der Waals surface area (Å²) >= 11 is 0. The van der Waals surface area contributed by atoms with E-state index in [2.05, 4.69) is 39.6 Å². The van der Waals surface area contributed by atoms with Gasteiger partial charge in [-0.25, -0.2) is 4.79 Å². The molecule has 1 aromatic rings. The number of rotatable bonds is 5. The zero-order valence-electron chi connectivity index (χ0n) is 16.8. The Morgan fingerprint density at radius 1 is 1.11 bits per heavy atom. The monoisotopic (exact) mass is 388 g/mol. The van der Waals surface area contributed by atoms with Gasteiger partial charge >= 0.3 is 6.03 Å². The lowest BCUT2D eigenvalue weighted by Gasteiger charge is -2.38. The molecule has 1 aromatic carbocycles. The molecule has 2 N–H and O–H groups in total. The van der Waals surface area contributed by atoms with Crippen molar-refractivity contribution in [2.75, 3.05) is 46.6 Å². The molecule has 2 aliphatic heterocycles. The Kier molecular flexibility index (Phi) is 6.22. The van der Waals surface area contributed by atoms with E-state index in [0.717, 1.165) is 56.1 Å². The number of likely N-dealkylation sites (N-methyl/N-ethyl adjacent to an activating group) is 1. The first-order chi connectivity index (χ1) is 13.7. The van der Waals surface area contributed by atoms with Gasteiger partial charge in [-0.1, -0.05) is 25.3 Å². The van der Waals surface area contributed by atoms with Gasteiger partial charge in [-0.3, -0.25) is 4.90 Å². The Morgan fingerprint density at radius 2 is 1.86 bits per heavy atom. The fourth-order valence-corrected chi connectivity index (χ4v) is 4.38. The summed E-state index contributed by atoms with van der Waals surface area (Å²) in [6.45, 7) is 4.91. The van der Waals surface area contributed by atoms with E-state index < -0.39 is 0 Å². The molecule has 0 aromatic heterocycles. The van der Waals surface area contributed by atoms with E-state index in [1.54, 1.807) is 0 Å². The summed E-state index contributed by atoms with van der Waals surface area (Å²) < 4.78 is 11.0. The molecular formula is C21H32N4O3. The summed E-state index contributed by atoms with van der Waals surface area (Å²) in [4.78, 5) is 17.3. The molecule has 2 heterocycles. The van der Waals surface area contributed by atoms with Gasteiger partial charge in [-0.2, -0.15) is 0 Å². The van der Waals surface area contributed by atoms with E-state index >= 15 is 0 Å². The Balaban J connectivity index is 1.41. The smallest absolute Gasteiger partial charge is 0.315 e. The molecule has 0 radical (unpaired) electrons.